The Kier molecular flexibility index (Phi) is 9.10. The van der Waals surface area contributed by atoms with Crippen LogP contribution in [0.25, 0.3) is 22.3 Å². The fraction of sp³-hybridized carbons (Fsp3) is 0.500. The quantitative estimate of drug-likeness (QED) is 0.113. The first-order valence-electron chi connectivity index (χ1n) is 16.5. The molecule has 246 valence electrons. The zero-order valence-corrected chi connectivity index (χ0v) is 26.7. The Balaban J connectivity index is 0.00000433. The molecule has 8 heteroatoms. The van der Waals surface area contributed by atoms with Crippen molar-refractivity contribution in [3.8, 4) is 11.3 Å². The third-order valence-corrected chi connectivity index (χ3v) is 10.5. The second-order valence-corrected chi connectivity index (χ2v) is 13.9. The summed E-state index contributed by atoms with van der Waals surface area (Å²) in [4.78, 5) is 22.1. The molecule has 3 aliphatic rings. The van der Waals surface area contributed by atoms with E-state index in [1.807, 2.05) is 0 Å². The van der Waals surface area contributed by atoms with Gasteiger partial charge in [0.05, 0.1) is 30.0 Å². The fourth-order valence-electron chi connectivity index (χ4n) is 7.88. The van der Waals surface area contributed by atoms with Crippen molar-refractivity contribution in [1.29, 1.82) is 0 Å². The number of carbonyl (C=O) groups excluding carboxylic acids is 1. The molecule has 2 atom stereocenters. The molecule has 3 saturated carbocycles. The summed E-state index contributed by atoms with van der Waals surface area (Å²) < 4.78 is 60.6. The van der Waals surface area contributed by atoms with Crippen molar-refractivity contribution in [3.63, 3.8) is 0 Å². The number of allylic oxidation sites excluding steroid dienone is 3. The predicted octanol–water partition coefficient (Wildman–Crippen LogP) is 10.1. The molecular weight excluding hydrogens is 592 g/mol. The molecule has 0 amide bonds. The van der Waals surface area contributed by atoms with Crippen LogP contribution in [0.15, 0.2) is 60.5 Å². The van der Waals surface area contributed by atoms with Crippen molar-refractivity contribution in [2.24, 2.45) is 23.2 Å². The zero-order valence-electron chi connectivity index (χ0n) is 26.7. The first-order chi connectivity index (χ1) is 21.9. The largest absolute Gasteiger partial charge is 0.500 e. The first kappa shape index (κ1) is 32.4. The van der Waals surface area contributed by atoms with Gasteiger partial charge in [0.15, 0.2) is 0 Å². The highest BCUT2D eigenvalue weighted by atomic mass is 19.4. The van der Waals surface area contributed by atoms with Crippen LogP contribution < -0.4 is 0 Å². The molecule has 0 N–H and O–H groups in total. The van der Waals surface area contributed by atoms with Gasteiger partial charge in [0, 0.05) is 19.8 Å². The topological polar surface area (TPSA) is 52.1 Å². The summed E-state index contributed by atoms with van der Waals surface area (Å²) in [5, 5.41) is 0. The van der Waals surface area contributed by atoms with Crippen molar-refractivity contribution in [2.45, 2.75) is 90.1 Å². The number of hydrogen-bond acceptors (Lipinski definition) is 4. The Hall–Kier alpha value is -3.55. The van der Waals surface area contributed by atoms with Gasteiger partial charge < -0.3 is 4.74 Å². The molecule has 3 aliphatic carbocycles. The molecule has 1 aromatic heterocycles. The van der Waals surface area contributed by atoms with E-state index in [4.69, 9.17) is 9.72 Å². The maximum atomic E-state index is 15.1. The van der Waals surface area contributed by atoms with Crippen LogP contribution in [-0.4, -0.2) is 29.0 Å². The lowest BCUT2D eigenvalue weighted by atomic mass is 9.78. The Labute approximate surface area is 269 Å². The van der Waals surface area contributed by atoms with Gasteiger partial charge >= 0.3 is 6.18 Å². The molecule has 0 spiro atoms. The second kappa shape index (κ2) is 12.9. The number of halogens is 4. The SMILES string of the molecule is C=C(/C=C(\OC)C1(C(F)(F)F)CC1)CC(=O)Cc1ccc(-c2cnc3cc(CCCC4CC5CCC(C4)C5)c(C)cc3n2)cc1F.[HH]. The fourth-order valence-corrected chi connectivity index (χ4v) is 7.88. The van der Waals surface area contributed by atoms with Crippen LogP contribution in [0.3, 0.4) is 0 Å². The maximum Gasteiger partial charge on any atom is 0.401 e. The minimum absolute atomic E-state index is 0. The molecule has 6 rings (SSSR count). The minimum atomic E-state index is -4.44. The monoisotopic (exact) mass is 636 g/mol. The van der Waals surface area contributed by atoms with E-state index in [1.54, 1.807) is 18.3 Å². The number of alkyl halides is 3. The normalized spacial score (nSPS) is 22.2. The van der Waals surface area contributed by atoms with Crippen LogP contribution >= 0.6 is 0 Å². The van der Waals surface area contributed by atoms with E-state index in [9.17, 15) is 18.0 Å². The van der Waals surface area contributed by atoms with Gasteiger partial charge in [0.1, 0.15) is 22.8 Å². The molecule has 2 unspecified atom stereocenters. The summed E-state index contributed by atoms with van der Waals surface area (Å²) in [5.41, 5.74) is 3.52. The van der Waals surface area contributed by atoms with Crippen molar-refractivity contribution in [1.82, 2.24) is 9.97 Å². The summed E-state index contributed by atoms with van der Waals surface area (Å²) in [6.45, 7) is 5.85. The number of aryl methyl sites for hydroxylation is 2. The molecule has 0 radical (unpaired) electrons. The highest BCUT2D eigenvalue weighted by molar-refractivity contribution is 5.84. The molecule has 3 aromatic rings. The van der Waals surface area contributed by atoms with Gasteiger partial charge in [-0.1, -0.05) is 38.0 Å². The summed E-state index contributed by atoms with van der Waals surface area (Å²) >= 11 is 0. The number of aromatic nitrogens is 2. The number of methoxy groups -OCH3 is 1. The number of benzene rings is 2. The van der Waals surface area contributed by atoms with Crippen molar-refractivity contribution < 1.29 is 28.5 Å². The van der Waals surface area contributed by atoms with Crippen LogP contribution in [0.1, 0.15) is 82.3 Å². The lowest BCUT2D eigenvalue weighted by Gasteiger charge is -2.27. The van der Waals surface area contributed by atoms with Gasteiger partial charge in [-0.25, -0.2) is 9.37 Å². The van der Waals surface area contributed by atoms with Crippen molar-refractivity contribution in [2.75, 3.05) is 7.11 Å². The highest BCUT2D eigenvalue weighted by Gasteiger charge is 2.66. The zero-order chi connectivity index (χ0) is 32.6. The summed E-state index contributed by atoms with van der Waals surface area (Å²) in [5.74, 6) is 1.67. The smallest absolute Gasteiger partial charge is 0.401 e. The number of Topliss-reactive ketones (excluding diaryl/α,β-unsaturated/α-hetero) is 1. The Morgan fingerprint density at radius 2 is 1.83 bits per heavy atom. The van der Waals surface area contributed by atoms with Crippen LogP contribution in [0.2, 0.25) is 0 Å². The average Bonchev–Trinajstić information content (AvgIpc) is 3.76. The summed E-state index contributed by atoms with van der Waals surface area (Å²) in [6.07, 6.45) is 8.56. The number of nitrogens with zero attached hydrogens (tertiary/aromatic N) is 2. The Bertz CT molecular complexity index is 1670. The third-order valence-electron chi connectivity index (χ3n) is 10.5. The number of rotatable bonds is 12. The van der Waals surface area contributed by atoms with Gasteiger partial charge in [-0.05, 0) is 116 Å². The molecule has 4 nitrogen and oxygen atoms in total. The number of hydrogen-bond donors (Lipinski definition) is 0. The molecule has 1 heterocycles. The third kappa shape index (κ3) is 6.91. The van der Waals surface area contributed by atoms with Crippen LogP contribution in [-0.2, 0) is 22.4 Å². The molecule has 3 fully saturated rings. The van der Waals surface area contributed by atoms with Crippen LogP contribution in [0, 0.1) is 35.9 Å². The lowest BCUT2D eigenvalue weighted by molar-refractivity contribution is -0.184. The first-order valence-corrected chi connectivity index (χ1v) is 16.5. The van der Waals surface area contributed by atoms with E-state index < -0.39 is 17.4 Å². The number of fused-ring (bicyclic) bond motifs is 3. The van der Waals surface area contributed by atoms with E-state index in [0.29, 0.717) is 11.3 Å². The van der Waals surface area contributed by atoms with E-state index >= 15 is 4.39 Å². The number of carbonyl (C=O) groups is 1. The minimum Gasteiger partial charge on any atom is -0.500 e. The Morgan fingerprint density at radius 3 is 2.48 bits per heavy atom. The molecule has 2 bridgehead atoms. The maximum absolute atomic E-state index is 15.1. The van der Waals surface area contributed by atoms with Gasteiger partial charge in [0.25, 0.3) is 0 Å². The summed E-state index contributed by atoms with van der Waals surface area (Å²) in [6, 6.07) is 8.78. The molecule has 0 aliphatic heterocycles. The standard InChI is InChI=1S/C38H42F4N2O2.H2/c1-23(14-36(46-3)37(11-12-37)38(40,41)42)13-31(45)19-29-9-10-30(20-32(29)39)35-22-43-33-21-28(24(2)15-34(33)44-35)6-4-5-25-16-26-7-8-27(17-25)18-26;/h9-10,14-15,20-22,25-27H,1,4-8,11-13,16-19H2,2-3H3;1H/b36-14-;. The van der Waals surface area contributed by atoms with E-state index in [0.717, 1.165) is 35.2 Å². The van der Waals surface area contributed by atoms with Crippen molar-refractivity contribution in [3.05, 3.63) is 83.0 Å². The van der Waals surface area contributed by atoms with Gasteiger partial charge in [0.2, 0.25) is 0 Å². The van der Waals surface area contributed by atoms with Gasteiger partial charge in [-0.3, -0.25) is 9.78 Å². The molecular formula is C38H44F4N2O2. The number of ether oxygens (including phenoxy) is 1. The second-order valence-electron chi connectivity index (χ2n) is 13.9. The van der Waals surface area contributed by atoms with Crippen molar-refractivity contribution >= 4 is 16.8 Å². The lowest BCUT2D eigenvalue weighted by Crippen LogP contribution is -2.27. The predicted molar refractivity (Wildman–Crippen MR) is 174 cm³/mol. The van der Waals surface area contributed by atoms with Crippen LogP contribution in [0.5, 0.6) is 0 Å². The number of ketones is 1. The highest BCUT2D eigenvalue weighted by Crippen LogP contribution is 2.62. The van der Waals surface area contributed by atoms with E-state index in [-0.39, 0.29) is 49.8 Å². The van der Waals surface area contributed by atoms with Crippen LogP contribution in [0.4, 0.5) is 17.6 Å². The molecule has 2 aromatic carbocycles. The average molecular weight is 637 g/mol. The molecule has 0 saturated heterocycles. The molecule has 46 heavy (non-hydrogen) atoms. The summed E-state index contributed by atoms with van der Waals surface area (Å²) in [7, 11) is 1.18. The van der Waals surface area contributed by atoms with Gasteiger partial charge in [-0.2, -0.15) is 13.2 Å². The van der Waals surface area contributed by atoms with E-state index in [1.165, 1.54) is 75.3 Å². The van der Waals surface area contributed by atoms with E-state index in [2.05, 4.69) is 30.6 Å². The Morgan fingerprint density at radius 1 is 1.09 bits per heavy atom. The van der Waals surface area contributed by atoms with Gasteiger partial charge in [-0.15, -0.1) is 0 Å².